The van der Waals surface area contributed by atoms with E-state index >= 15 is 0 Å². The summed E-state index contributed by atoms with van der Waals surface area (Å²) in [6, 6.07) is 0. The van der Waals surface area contributed by atoms with Gasteiger partial charge in [-0.05, 0) is 12.8 Å². The Morgan fingerprint density at radius 2 is 1.16 bits per heavy atom. The Hall–Kier alpha value is -0.250. The monoisotopic (exact) mass is 716 g/mol. The number of phosphoric acid groups is 4. The van der Waals surface area contributed by atoms with Gasteiger partial charge in [0, 0.05) is 6.42 Å². The highest BCUT2D eigenvalue weighted by Crippen LogP contribution is 2.53. The van der Waals surface area contributed by atoms with Crippen molar-refractivity contribution in [3.05, 3.63) is 0 Å². The third-order valence-electron chi connectivity index (χ3n) is 5.22. The number of esters is 1. The van der Waals surface area contributed by atoms with Gasteiger partial charge in [-0.3, -0.25) is 27.4 Å². The fraction of sp³-hybridized carbons (Fsp3) is 0.941. The van der Waals surface area contributed by atoms with Gasteiger partial charge < -0.3 is 59.0 Å². The van der Waals surface area contributed by atoms with Crippen LogP contribution in [-0.4, -0.2) is 118 Å². The lowest BCUT2D eigenvalue weighted by atomic mass is 9.85. The molecular formula is C17H36O22P4. The Morgan fingerprint density at radius 3 is 1.58 bits per heavy atom. The molecule has 0 saturated heterocycles. The van der Waals surface area contributed by atoms with Crippen molar-refractivity contribution in [3.63, 3.8) is 0 Å². The van der Waals surface area contributed by atoms with Crippen LogP contribution in [0.4, 0.5) is 0 Å². The van der Waals surface area contributed by atoms with Crippen molar-refractivity contribution in [1.29, 1.82) is 0 Å². The summed E-state index contributed by atoms with van der Waals surface area (Å²) in [5.41, 5.74) is 0. The molecule has 10 N–H and O–H groups in total. The molecule has 0 aromatic heterocycles. The number of aliphatic hydroxyl groups excluding tert-OH is 3. The van der Waals surface area contributed by atoms with E-state index in [1.807, 2.05) is 0 Å². The molecule has 0 aliphatic heterocycles. The van der Waals surface area contributed by atoms with Gasteiger partial charge in [-0.2, -0.15) is 0 Å². The van der Waals surface area contributed by atoms with E-state index in [-0.39, 0.29) is 12.8 Å². The molecule has 1 aliphatic carbocycles. The number of carbonyl (C=O) groups is 1. The molecule has 0 aromatic rings. The molecule has 1 fully saturated rings. The molecule has 0 heterocycles. The first-order valence-electron chi connectivity index (χ1n) is 12.2. The molecule has 22 nitrogen and oxygen atoms in total. The summed E-state index contributed by atoms with van der Waals surface area (Å²) < 4.78 is 79.5. The van der Waals surface area contributed by atoms with E-state index < -0.39 is 99.5 Å². The van der Waals surface area contributed by atoms with Crippen LogP contribution in [0.5, 0.6) is 0 Å². The fourth-order valence-corrected chi connectivity index (χ4v) is 6.26. The highest BCUT2D eigenvalue weighted by Gasteiger charge is 2.58. The number of carbonyl (C=O) groups excluding carboxylic acids is 1. The van der Waals surface area contributed by atoms with Crippen LogP contribution in [-0.2, 0) is 55.1 Å². The SMILES string of the molecule is CCCC(=O)OC[C@H](COP(=O)(O)OC1[C@H](O)[C@H](OP(=O)(O)O)C(OP(=O)(O)O)[C@H](OP(=O)(O)O)[C@H]1O)O[C@H](O)CCC. The Kier molecular flexibility index (Phi) is 16.2. The second-order valence-corrected chi connectivity index (χ2v) is 13.9. The van der Waals surface area contributed by atoms with Crippen LogP contribution < -0.4 is 0 Å². The quantitative estimate of drug-likeness (QED) is 0.0413. The maximum atomic E-state index is 12.7. The Morgan fingerprint density at radius 1 is 0.698 bits per heavy atom. The van der Waals surface area contributed by atoms with Gasteiger partial charge in [-0.1, -0.05) is 20.3 Å². The number of hydrogen-bond acceptors (Lipinski definition) is 15. The molecule has 3 unspecified atom stereocenters. The zero-order chi connectivity index (χ0) is 33.4. The van der Waals surface area contributed by atoms with E-state index in [9.17, 15) is 72.6 Å². The standard InChI is InChI=1S/C17H36O22P4/c1-3-5-10(18)33-7-9(35-11(19)6-4-2)8-34-43(31,32)39-14-12(20)15(36-40(22,23)24)17(38-42(28,29)30)16(13(14)21)37-41(25,26)27/h9,11-17,19-21H,3-8H2,1-2H3,(H,31,32)(H2,22,23,24)(H2,25,26,27)(H2,28,29,30)/t9-,11+,12+,13+,14?,15-,16+,17?/m1/s1. The van der Waals surface area contributed by atoms with Crippen LogP contribution in [0.25, 0.3) is 0 Å². The smallest absolute Gasteiger partial charge is 0.463 e. The first-order valence-corrected chi connectivity index (χ1v) is 18.3. The average molecular weight is 716 g/mol. The predicted molar refractivity (Wildman–Crippen MR) is 135 cm³/mol. The van der Waals surface area contributed by atoms with E-state index in [0.29, 0.717) is 12.8 Å². The lowest BCUT2D eigenvalue weighted by molar-refractivity contribution is -0.210. The van der Waals surface area contributed by atoms with Gasteiger partial charge in [-0.15, -0.1) is 0 Å². The summed E-state index contributed by atoms with van der Waals surface area (Å²) in [4.78, 5) is 77.2. The van der Waals surface area contributed by atoms with Crippen molar-refractivity contribution < 1.29 is 105 Å². The molecule has 1 rings (SSSR count). The Balaban J connectivity index is 3.30. The summed E-state index contributed by atoms with van der Waals surface area (Å²) in [5.74, 6) is -0.683. The summed E-state index contributed by atoms with van der Waals surface area (Å²) in [6.45, 7) is 1.83. The van der Waals surface area contributed by atoms with E-state index in [0.717, 1.165) is 0 Å². The van der Waals surface area contributed by atoms with Crippen molar-refractivity contribution in [1.82, 2.24) is 0 Å². The third-order valence-corrected chi connectivity index (χ3v) is 7.76. The maximum absolute atomic E-state index is 12.7. The van der Waals surface area contributed by atoms with Crippen LogP contribution >= 0.6 is 31.3 Å². The van der Waals surface area contributed by atoms with Crippen molar-refractivity contribution in [2.24, 2.45) is 0 Å². The number of rotatable bonds is 19. The van der Waals surface area contributed by atoms with Crippen LogP contribution in [0.15, 0.2) is 0 Å². The van der Waals surface area contributed by atoms with Gasteiger partial charge in [0.05, 0.1) is 6.61 Å². The molecule has 43 heavy (non-hydrogen) atoms. The van der Waals surface area contributed by atoms with Gasteiger partial charge in [0.2, 0.25) is 0 Å². The minimum atomic E-state index is -5.74. The Labute approximate surface area is 244 Å². The molecule has 0 spiro atoms. The molecule has 256 valence electrons. The van der Waals surface area contributed by atoms with Gasteiger partial charge in [0.25, 0.3) is 0 Å². The molecule has 26 heteroatoms. The molecule has 0 bridgehead atoms. The number of phosphoric ester groups is 4. The molecule has 1 saturated carbocycles. The predicted octanol–water partition coefficient (Wildman–Crippen LogP) is -1.50. The Bertz CT molecular complexity index is 1030. The van der Waals surface area contributed by atoms with E-state index in [1.165, 1.54) is 0 Å². The molecule has 0 aromatic carbocycles. The molecular weight excluding hydrogens is 680 g/mol. The number of hydrogen-bond donors (Lipinski definition) is 10. The lowest BCUT2D eigenvalue weighted by Crippen LogP contribution is -2.65. The van der Waals surface area contributed by atoms with E-state index in [2.05, 4.69) is 18.1 Å². The van der Waals surface area contributed by atoms with Crippen LogP contribution in [0.3, 0.4) is 0 Å². The summed E-state index contributed by atoms with van der Waals surface area (Å²) in [6.07, 6.45) is -18.2. The fourth-order valence-electron chi connectivity index (χ4n) is 3.60. The summed E-state index contributed by atoms with van der Waals surface area (Å²) in [5, 5.41) is 31.2. The number of aliphatic hydroxyl groups is 3. The van der Waals surface area contributed by atoms with Gasteiger partial charge in [-0.25, -0.2) is 18.3 Å². The lowest BCUT2D eigenvalue weighted by Gasteiger charge is -2.45. The molecule has 9 atom stereocenters. The summed E-state index contributed by atoms with van der Waals surface area (Å²) in [7, 11) is -22.8. The first kappa shape index (κ1) is 40.8. The van der Waals surface area contributed by atoms with Crippen LogP contribution in [0.2, 0.25) is 0 Å². The maximum Gasteiger partial charge on any atom is 0.472 e. The van der Waals surface area contributed by atoms with E-state index in [1.54, 1.807) is 13.8 Å². The molecule has 0 amide bonds. The van der Waals surface area contributed by atoms with Gasteiger partial charge in [0.15, 0.2) is 6.29 Å². The summed E-state index contributed by atoms with van der Waals surface area (Å²) >= 11 is 0. The normalized spacial score (nSPS) is 28.2. The largest absolute Gasteiger partial charge is 0.472 e. The van der Waals surface area contributed by atoms with Crippen molar-refractivity contribution in [2.45, 2.75) is 88.5 Å². The van der Waals surface area contributed by atoms with E-state index in [4.69, 9.17) is 14.0 Å². The first-order chi connectivity index (χ1) is 19.5. The second kappa shape index (κ2) is 17.1. The van der Waals surface area contributed by atoms with Gasteiger partial charge >= 0.3 is 37.3 Å². The highest BCUT2D eigenvalue weighted by atomic mass is 31.2. The topological polar surface area (TPSA) is 352 Å². The van der Waals surface area contributed by atoms with Gasteiger partial charge in [0.1, 0.15) is 49.3 Å². The minimum Gasteiger partial charge on any atom is -0.463 e. The minimum absolute atomic E-state index is 0.00652. The zero-order valence-corrected chi connectivity index (χ0v) is 26.1. The second-order valence-electron chi connectivity index (χ2n) is 8.93. The van der Waals surface area contributed by atoms with Crippen LogP contribution in [0.1, 0.15) is 39.5 Å². The van der Waals surface area contributed by atoms with Crippen molar-refractivity contribution in [3.8, 4) is 0 Å². The molecule has 1 aliphatic rings. The highest BCUT2D eigenvalue weighted by molar-refractivity contribution is 7.47. The third kappa shape index (κ3) is 15.7. The average Bonchev–Trinajstić information content (AvgIpc) is 2.82. The molecule has 0 radical (unpaired) electrons. The van der Waals surface area contributed by atoms with Crippen molar-refractivity contribution in [2.75, 3.05) is 13.2 Å². The van der Waals surface area contributed by atoms with Crippen LogP contribution in [0, 0.1) is 0 Å². The van der Waals surface area contributed by atoms with Crippen molar-refractivity contribution >= 4 is 37.3 Å². The zero-order valence-electron chi connectivity index (χ0n) is 22.5. The number of ether oxygens (including phenoxy) is 2.